The molecular weight excluding hydrogens is 282 g/mol. The van der Waals surface area contributed by atoms with Gasteiger partial charge >= 0.3 is 0 Å². The zero-order valence-electron chi connectivity index (χ0n) is 12.0. The molecule has 0 unspecified atom stereocenters. The molecule has 5 nitrogen and oxygen atoms in total. The van der Waals surface area contributed by atoms with Gasteiger partial charge in [0.25, 0.3) is 5.56 Å². The summed E-state index contributed by atoms with van der Waals surface area (Å²) < 4.78 is 11.0. The molecule has 0 amide bonds. The lowest BCUT2D eigenvalue weighted by Crippen LogP contribution is -2.12. The molecule has 112 valence electrons. The van der Waals surface area contributed by atoms with E-state index in [1.54, 1.807) is 6.07 Å². The molecule has 0 fully saturated rings. The Morgan fingerprint density at radius 3 is 2.59 bits per heavy atom. The van der Waals surface area contributed by atoms with Crippen LogP contribution in [0.25, 0.3) is 10.9 Å². The third-order valence-corrected chi connectivity index (χ3v) is 3.34. The standard InChI is InChI=1S/C17H15NO4/c1-21-16-15(22-10-11-5-3-2-4-6-11)13-8-7-12(19)9-14(13)18-17(16)20/h2-9,19H,10H2,1H3,(H,18,20). The maximum atomic E-state index is 12.1. The number of pyridine rings is 1. The monoisotopic (exact) mass is 297 g/mol. The summed E-state index contributed by atoms with van der Waals surface area (Å²) in [5, 5.41) is 10.2. The predicted molar refractivity (Wildman–Crippen MR) is 83.6 cm³/mol. The second kappa shape index (κ2) is 5.81. The molecule has 0 aliphatic rings. The Bertz CT molecular complexity index is 856. The van der Waals surface area contributed by atoms with Gasteiger partial charge in [-0.3, -0.25) is 4.79 Å². The zero-order valence-corrected chi connectivity index (χ0v) is 12.0. The number of ether oxygens (including phenoxy) is 2. The van der Waals surface area contributed by atoms with E-state index in [4.69, 9.17) is 9.47 Å². The molecule has 2 aromatic carbocycles. The van der Waals surface area contributed by atoms with Crippen LogP contribution in [0.5, 0.6) is 17.2 Å². The van der Waals surface area contributed by atoms with Crippen LogP contribution in [-0.4, -0.2) is 17.2 Å². The van der Waals surface area contributed by atoms with E-state index in [1.165, 1.54) is 19.2 Å². The molecule has 0 bridgehead atoms. The Balaban J connectivity index is 2.07. The first-order valence-corrected chi connectivity index (χ1v) is 6.79. The highest BCUT2D eigenvalue weighted by Crippen LogP contribution is 2.33. The van der Waals surface area contributed by atoms with Gasteiger partial charge in [0.1, 0.15) is 12.4 Å². The summed E-state index contributed by atoms with van der Waals surface area (Å²) in [5.74, 6) is 0.557. The van der Waals surface area contributed by atoms with Crippen LogP contribution in [0.4, 0.5) is 0 Å². The minimum Gasteiger partial charge on any atom is -0.508 e. The van der Waals surface area contributed by atoms with Crippen LogP contribution in [0.1, 0.15) is 5.56 Å². The van der Waals surface area contributed by atoms with Gasteiger partial charge in [0.15, 0.2) is 5.75 Å². The van der Waals surface area contributed by atoms with Crippen LogP contribution in [0.2, 0.25) is 0 Å². The molecule has 0 saturated carbocycles. The maximum absolute atomic E-state index is 12.1. The minimum atomic E-state index is -0.399. The second-order valence-corrected chi connectivity index (χ2v) is 4.82. The number of phenolic OH excluding ortho intramolecular Hbond substituents is 1. The highest BCUT2D eigenvalue weighted by atomic mass is 16.5. The van der Waals surface area contributed by atoms with Crippen molar-refractivity contribution in [3.05, 3.63) is 64.4 Å². The van der Waals surface area contributed by atoms with Crippen molar-refractivity contribution < 1.29 is 14.6 Å². The van der Waals surface area contributed by atoms with Gasteiger partial charge < -0.3 is 19.6 Å². The fraction of sp³-hybridized carbons (Fsp3) is 0.118. The highest BCUT2D eigenvalue weighted by Gasteiger charge is 2.15. The summed E-state index contributed by atoms with van der Waals surface area (Å²) in [7, 11) is 1.42. The van der Waals surface area contributed by atoms with Gasteiger partial charge in [-0.2, -0.15) is 0 Å². The Morgan fingerprint density at radius 1 is 1.09 bits per heavy atom. The van der Waals surface area contributed by atoms with E-state index >= 15 is 0 Å². The van der Waals surface area contributed by atoms with E-state index in [2.05, 4.69) is 4.98 Å². The summed E-state index contributed by atoms with van der Waals surface area (Å²) in [6.07, 6.45) is 0. The normalized spacial score (nSPS) is 10.6. The largest absolute Gasteiger partial charge is 0.508 e. The molecule has 0 saturated heterocycles. The van der Waals surface area contributed by atoms with Gasteiger partial charge in [-0.15, -0.1) is 0 Å². The number of methoxy groups -OCH3 is 1. The lowest BCUT2D eigenvalue weighted by Gasteiger charge is -2.13. The van der Waals surface area contributed by atoms with Crippen molar-refractivity contribution in [3.8, 4) is 17.2 Å². The van der Waals surface area contributed by atoms with Crippen molar-refractivity contribution in [3.63, 3.8) is 0 Å². The van der Waals surface area contributed by atoms with E-state index in [9.17, 15) is 9.90 Å². The summed E-state index contributed by atoms with van der Waals surface area (Å²) in [5.41, 5.74) is 1.08. The number of fused-ring (bicyclic) bond motifs is 1. The molecule has 0 spiro atoms. The number of H-pyrrole nitrogens is 1. The summed E-state index contributed by atoms with van der Waals surface area (Å²) in [6, 6.07) is 14.3. The van der Waals surface area contributed by atoms with Gasteiger partial charge in [0, 0.05) is 11.5 Å². The SMILES string of the molecule is COc1c(OCc2ccccc2)c2ccc(O)cc2[nH]c1=O. The number of aromatic nitrogens is 1. The Hall–Kier alpha value is -2.95. The molecular formula is C17H15NO4. The Labute approximate surface area is 126 Å². The molecule has 0 aliphatic heterocycles. The number of hydrogen-bond acceptors (Lipinski definition) is 4. The lowest BCUT2D eigenvalue weighted by atomic mass is 10.2. The number of phenols is 1. The van der Waals surface area contributed by atoms with Crippen LogP contribution in [-0.2, 0) is 6.61 Å². The predicted octanol–water partition coefficient (Wildman–Crippen LogP) is 2.82. The molecule has 0 atom stereocenters. The summed E-state index contributed by atoms with van der Waals surface area (Å²) >= 11 is 0. The fourth-order valence-corrected chi connectivity index (χ4v) is 2.30. The van der Waals surface area contributed by atoms with Crippen molar-refractivity contribution in [2.75, 3.05) is 7.11 Å². The van der Waals surface area contributed by atoms with Gasteiger partial charge in [0.05, 0.1) is 12.6 Å². The number of aromatic amines is 1. The van der Waals surface area contributed by atoms with Crippen molar-refractivity contribution in [1.82, 2.24) is 4.98 Å². The van der Waals surface area contributed by atoms with Crippen LogP contribution in [0, 0.1) is 0 Å². The second-order valence-electron chi connectivity index (χ2n) is 4.82. The smallest absolute Gasteiger partial charge is 0.294 e. The van der Waals surface area contributed by atoms with Gasteiger partial charge in [-0.25, -0.2) is 0 Å². The van der Waals surface area contributed by atoms with Crippen molar-refractivity contribution in [1.29, 1.82) is 0 Å². The van der Waals surface area contributed by atoms with Crippen LogP contribution < -0.4 is 15.0 Å². The lowest BCUT2D eigenvalue weighted by molar-refractivity contribution is 0.286. The highest BCUT2D eigenvalue weighted by molar-refractivity contribution is 5.88. The first-order valence-electron chi connectivity index (χ1n) is 6.79. The zero-order chi connectivity index (χ0) is 15.5. The molecule has 1 aromatic heterocycles. The number of hydrogen-bond donors (Lipinski definition) is 2. The number of aromatic hydroxyl groups is 1. The third-order valence-electron chi connectivity index (χ3n) is 3.34. The molecule has 2 N–H and O–H groups in total. The summed E-state index contributed by atoms with van der Waals surface area (Å²) in [4.78, 5) is 14.7. The number of nitrogens with one attached hydrogen (secondary N) is 1. The molecule has 1 heterocycles. The van der Waals surface area contributed by atoms with Gasteiger partial charge in [-0.1, -0.05) is 30.3 Å². The number of benzene rings is 2. The van der Waals surface area contributed by atoms with Gasteiger partial charge in [-0.05, 0) is 17.7 Å². The quantitative estimate of drug-likeness (QED) is 0.776. The first kappa shape index (κ1) is 14.0. The molecule has 0 aliphatic carbocycles. The molecule has 22 heavy (non-hydrogen) atoms. The maximum Gasteiger partial charge on any atom is 0.294 e. The third kappa shape index (κ3) is 2.61. The first-order chi connectivity index (χ1) is 10.7. The fourth-order valence-electron chi connectivity index (χ4n) is 2.30. The average Bonchev–Trinajstić information content (AvgIpc) is 2.53. The molecule has 3 rings (SSSR count). The van der Waals surface area contributed by atoms with E-state index < -0.39 is 5.56 Å². The van der Waals surface area contributed by atoms with Crippen molar-refractivity contribution in [2.45, 2.75) is 6.61 Å². The Kier molecular flexibility index (Phi) is 3.70. The van der Waals surface area contributed by atoms with E-state index in [0.717, 1.165) is 5.56 Å². The van der Waals surface area contributed by atoms with Crippen LogP contribution >= 0.6 is 0 Å². The van der Waals surface area contributed by atoms with E-state index in [0.29, 0.717) is 23.3 Å². The molecule has 5 heteroatoms. The number of rotatable bonds is 4. The van der Waals surface area contributed by atoms with E-state index in [-0.39, 0.29) is 11.5 Å². The van der Waals surface area contributed by atoms with Crippen molar-refractivity contribution >= 4 is 10.9 Å². The molecule has 0 radical (unpaired) electrons. The average molecular weight is 297 g/mol. The topological polar surface area (TPSA) is 71.5 Å². The van der Waals surface area contributed by atoms with E-state index in [1.807, 2.05) is 30.3 Å². The molecule has 3 aromatic rings. The Morgan fingerprint density at radius 2 is 1.86 bits per heavy atom. The van der Waals surface area contributed by atoms with Gasteiger partial charge in [0.2, 0.25) is 5.75 Å². The van der Waals surface area contributed by atoms with Crippen LogP contribution in [0.15, 0.2) is 53.3 Å². The van der Waals surface area contributed by atoms with Crippen molar-refractivity contribution in [2.24, 2.45) is 0 Å². The summed E-state index contributed by atoms with van der Waals surface area (Å²) in [6.45, 7) is 0.316. The minimum absolute atomic E-state index is 0.0716. The van der Waals surface area contributed by atoms with Crippen LogP contribution in [0.3, 0.4) is 0 Å².